The highest BCUT2D eigenvalue weighted by molar-refractivity contribution is 6.31. The van der Waals surface area contributed by atoms with Gasteiger partial charge in [0.25, 0.3) is 0 Å². The molecule has 16 heavy (non-hydrogen) atoms. The average Bonchev–Trinajstić information content (AvgIpc) is 2.31. The van der Waals surface area contributed by atoms with Gasteiger partial charge in [0.1, 0.15) is 12.5 Å². The molecule has 0 spiro atoms. The summed E-state index contributed by atoms with van der Waals surface area (Å²) in [7, 11) is 1.31. The standard InChI is InChI=1S/C12H8ClNO2/c1-16-12(15)4-2-3-9-5-6-11(13)10(7-9)8-14/h5-7H,4H2,1H3. The number of methoxy groups -OCH3 is 1. The number of benzene rings is 1. The predicted octanol–water partition coefficient (Wildman–Crippen LogP) is 2.13. The fourth-order valence-electron chi connectivity index (χ4n) is 0.979. The third-order valence-electron chi connectivity index (χ3n) is 1.78. The lowest BCUT2D eigenvalue weighted by atomic mass is 10.1. The van der Waals surface area contributed by atoms with E-state index in [0.29, 0.717) is 16.1 Å². The molecule has 0 unspecified atom stereocenters. The van der Waals surface area contributed by atoms with Gasteiger partial charge in [0, 0.05) is 5.56 Å². The number of hydrogen-bond acceptors (Lipinski definition) is 3. The van der Waals surface area contributed by atoms with Crippen molar-refractivity contribution in [2.45, 2.75) is 6.42 Å². The van der Waals surface area contributed by atoms with Crippen molar-refractivity contribution in [2.24, 2.45) is 0 Å². The van der Waals surface area contributed by atoms with Gasteiger partial charge in [-0.05, 0) is 18.2 Å². The van der Waals surface area contributed by atoms with E-state index in [9.17, 15) is 4.79 Å². The van der Waals surface area contributed by atoms with E-state index in [2.05, 4.69) is 16.6 Å². The van der Waals surface area contributed by atoms with Crippen LogP contribution < -0.4 is 0 Å². The Morgan fingerprint density at radius 2 is 2.31 bits per heavy atom. The Balaban J connectivity index is 2.83. The molecule has 0 aliphatic heterocycles. The zero-order valence-corrected chi connectivity index (χ0v) is 9.34. The molecule has 0 saturated heterocycles. The van der Waals surface area contributed by atoms with Crippen LogP contribution in [0.1, 0.15) is 17.5 Å². The lowest BCUT2D eigenvalue weighted by Crippen LogP contribution is -1.97. The minimum atomic E-state index is -0.387. The first-order valence-corrected chi connectivity index (χ1v) is 4.80. The van der Waals surface area contributed by atoms with Gasteiger partial charge in [0.15, 0.2) is 0 Å². The summed E-state index contributed by atoms with van der Waals surface area (Å²) in [6, 6.07) is 6.82. The number of rotatable bonds is 1. The summed E-state index contributed by atoms with van der Waals surface area (Å²) in [6.07, 6.45) is 0.0288. The number of hydrogen-bond donors (Lipinski definition) is 0. The number of esters is 1. The van der Waals surface area contributed by atoms with Crippen LogP contribution in [0.3, 0.4) is 0 Å². The molecule has 0 atom stereocenters. The molecule has 0 bridgehead atoms. The smallest absolute Gasteiger partial charge is 0.317 e. The van der Waals surface area contributed by atoms with E-state index in [1.54, 1.807) is 18.2 Å². The molecular weight excluding hydrogens is 226 g/mol. The maximum absolute atomic E-state index is 10.8. The molecule has 0 aliphatic rings. The highest BCUT2D eigenvalue weighted by Gasteiger charge is 1.99. The zero-order chi connectivity index (χ0) is 12.0. The number of ether oxygens (including phenoxy) is 1. The van der Waals surface area contributed by atoms with E-state index in [4.69, 9.17) is 16.9 Å². The van der Waals surface area contributed by atoms with Crippen LogP contribution in [0.5, 0.6) is 0 Å². The summed E-state index contributed by atoms with van der Waals surface area (Å²) < 4.78 is 4.44. The maximum atomic E-state index is 10.8. The molecule has 0 aromatic heterocycles. The number of nitriles is 1. The van der Waals surface area contributed by atoms with Crippen molar-refractivity contribution in [1.29, 1.82) is 5.26 Å². The molecule has 0 aliphatic carbocycles. The number of carbonyl (C=O) groups excluding carboxylic acids is 1. The van der Waals surface area contributed by atoms with Gasteiger partial charge in [-0.3, -0.25) is 4.79 Å². The number of halogens is 1. The Morgan fingerprint density at radius 3 is 2.94 bits per heavy atom. The molecule has 1 aromatic rings. The van der Waals surface area contributed by atoms with E-state index in [0.717, 1.165) is 0 Å². The third kappa shape index (κ3) is 3.31. The minimum Gasteiger partial charge on any atom is -0.468 e. The molecule has 0 heterocycles. The molecule has 4 heteroatoms. The van der Waals surface area contributed by atoms with Crippen molar-refractivity contribution in [2.75, 3.05) is 7.11 Å². The lowest BCUT2D eigenvalue weighted by Gasteiger charge is -1.95. The van der Waals surface area contributed by atoms with Crippen LogP contribution in [0, 0.1) is 23.2 Å². The Labute approximate surface area is 98.6 Å². The first-order chi connectivity index (χ1) is 7.67. The second-order valence-corrected chi connectivity index (χ2v) is 3.27. The summed E-state index contributed by atoms with van der Waals surface area (Å²) in [5.74, 6) is 5.01. The molecule has 1 aromatic carbocycles. The fourth-order valence-corrected chi connectivity index (χ4v) is 1.14. The van der Waals surface area contributed by atoms with E-state index >= 15 is 0 Å². The van der Waals surface area contributed by atoms with Gasteiger partial charge in [-0.15, -0.1) is 0 Å². The Hall–Kier alpha value is -1.97. The first-order valence-electron chi connectivity index (χ1n) is 4.42. The fraction of sp³-hybridized carbons (Fsp3) is 0.167. The summed E-state index contributed by atoms with van der Waals surface area (Å²) in [4.78, 5) is 10.8. The van der Waals surface area contributed by atoms with Gasteiger partial charge < -0.3 is 4.74 Å². The normalized spacial score (nSPS) is 8.56. The maximum Gasteiger partial charge on any atom is 0.317 e. The third-order valence-corrected chi connectivity index (χ3v) is 2.11. The van der Waals surface area contributed by atoms with E-state index in [-0.39, 0.29) is 12.4 Å². The highest BCUT2D eigenvalue weighted by Crippen LogP contribution is 2.15. The molecule has 0 fully saturated rings. The predicted molar refractivity (Wildman–Crippen MR) is 59.7 cm³/mol. The van der Waals surface area contributed by atoms with Gasteiger partial charge in [-0.25, -0.2) is 0 Å². The first kappa shape index (κ1) is 12.1. The van der Waals surface area contributed by atoms with Gasteiger partial charge >= 0.3 is 5.97 Å². The molecule has 0 saturated carbocycles. The molecule has 0 amide bonds. The summed E-state index contributed by atoms with van der Waals surface area (Å²) in [5.41, 5.74) is 1.01. The van der Waals surface area contributed by atoms with Crippen LogP contribution in [0.25, 0.3) is 0 Å². The average molecular weight is 234 g/mol. The minimum absolute atomic E-state index is 0.0288. The van der Waals surface area contributed by atoms with Crippen molar-refractivity contribution >= 4 is 17.6 Å². The van der Waals surface area contributed by atoms with Crippen molar-refractivity contribution in [3.05, 3.63) is 34.3 Å². The summed E-state index contributed by atoms with van der Waals surface area (Å²) in [5, 5.41) is 9.13. The Kier molecular flexibility index (Phi) is 4.39. The number of nitrogens with zero attached hydrogens (tertiary/aromatic N) is 1. The largest absolute Gasteiger partial charge is 0.468 e. The van der Waals surface area contributed by atoms with Crippen LogP contribution in [0.2, 0.25) is 5.02 Å². The van der Waals surface area contributed by atoms with Crippen LogP contribution in [0.4, 0.5) is 0 Å². The van der Waals surface area contributed by atoms with Crippen LogP contribution in [-0.2, 0) is 9.53 Å². The number of carbonyl (C=O) groups is 1. The van der Waals surface area contributed by atoms with Crippen LogP contribution >= 0.6 is 11.6 Å². The SMILES string of the molecule is COC(=O)CC#Cc1ccc(Cl)c(C#N)c1. The molecular formula is C12H8ClNO2. The van der Waals surface area contributed by atoms with E-state index < -0.39 is 0 Å². The van der Waals surface area contributed by atoms with Gasteiger partial charge in [-0.1, -0.05) is 23.4 Å². The van der Waals surface area contributed by atoms with Crippen molar-refractivity contribution in [3.8, 4) is 17.9 Å². The molecule has 80 valence electrons. The van der Waals surface area contributed by atoms with Crippen LogP contribution in [-0.4, -0.2) is 13.1 Å². The summed E-state index contributed by atoms with van der Waals surface area (Å²) in [6.45, 7) is 0. The Bertz CT molecular complexity index is 506. The topological polar surface area (TPSA) is 50.1 Å². The van der Waals surface area contributed by atoms with Gasteiger partial charge in [-0.2, -0.15) is 5.26 Å². The summed E-state index contributed by atoms with van der Waals surface area (Å²) >= 11 is 5.76. The molecule has 0 radical (unpaired) electrons. The second-order valence-electron chi connectivity index (χ2n) is 2.86. The van der Waals surface area contributed by atoms with Crippen molar-refractivity contribution in [3.63, 3.8) is 0 Å². The lowest BCUT2D eigenvalue weighted by molar-refractivity contribution is -0.139. The van der Waals surface area contributed by atoms with E-state index in [1.807, 2.05) is 6.07 Å². The monoisotopic (exact) mass is 233 g/mol. The Morgan fingerprint density at radius 1 is 1.56 bits per heavy atom. The van der Waals surface area contributed by atoms with Crippen molar-refractivity contribution < 1.29 is 9.53 Å². The zero-order valence-electron chi connectivity index (χ0n) is 8.58. The molecule has 0 N–H and O–H groups in total. The second kappa shape index (κ2) is 5.80. The van der Waals surface area contributed by atoms with Gasteiger partial charge in [0.2, 0.25) is 0 Å². The van der Waals surface area contributed by atoms with Crippen molar-refractivity contribution in [1.82, 2.24) is 0 Å². The molecule has 3 nitrogen and oxygen atoms in total. The molecule has 1 rings (SSSR count). The van der Waals surface area contributed by atoms with Gasteiger partial charge in [0.05, 0.1) is 17.7 Å². The highest BCUT2D eigenvalue weighted by atomic mass is 35.5. The van der Waals surface area contributed by atoms with E-state index in [1.165, 1.54) is 7.11 Å². The van der Waals surface area contributed by atoms with Crippen LogP contribution in [0.15, 0.2) is 18.2 Å². The quantitative estimate of drug-likeness (QED) is 0.552.